The lowest BCUT2D eigenvalue weighted by Crippen LogP contribution is -2.51. The molecule has 0 aromatic heterocycles. The lowest BCUT2D eigenvalue weighted by molar-refractivity contribution is 0.153. The molecule has 2 aliphatic rings. The van der Waals surface area contributed by atoms with Crippen molar-refractivity contribution in [1.29, 1.82) is 0 Å². The van der Waals surface area contributed by atoms with Crippen LogP contribution in [0, 0.1) is 0 Å². The molecule has 0 amide bonds. The minimum Gasteiger partial charge on any atom is -0.497 e. The third-order valence-corrected chi connectivity index (χ3v) is 5.20. The standard InChI is InChI=1S/C21H32N4O2/c1-22-21(23-11-8-17-9-13-27-14-10-17)24-18-5-4-12-25(16-18)19-6-3-7-20(15-19)26-2/h3,6-7,9,15,18H,4-5,8,10-14,16H2,1-2H3,(H2,22,23,24). The summed E-state index contributed by atoms with van der Waals surface area (Å²) in [7, 11) is 3.55. The van der Waals surface area contributed by atoms with Gasteiger partial charge in [0.15, 0.2) is 5.96 Å². The number of hydrogen-bond donors (Lipinski definition) is 2. The highest BCUT2D eigenvalue weighted by molar-refractivity contribution is 5.80. The normalized spacial score (nSPS) is 20.8. The van der Waals surface area contributed by atoms with Crippen LogP contribution >= 0.6 is 0 Å². The number of piperidine rings is 1. The molecular weight excluding hydrogens is 340 g/mol. The van der Waals surface area contributed by atoms with Gasteiger partial charge in [0.05, 0.1) is 20.3 Å². The highest BCUT2D eigenvalue weighted by atomic mass is 16.5. The first-order chi connectivity index (χ1) is 13.3. The first-order valence-corrected chi connectivity index (χ1v) is 9.90. The molecule has 0 radical (unpaired) electrons. The largest absolute Gasteiger partial charge is 0.497 e. The molecule has 0 spiro atoms. The highest BCUT2D eigenvalue weighted by Gasteiger charge is 2.21. The second kappa shape index (κ2) is 10.2. The van der Waals surface area contributed by atoms with Crippen molar-refractivity contribution in [3.63, 3.8) is 0 Å². The van der Waals surface area contributed by atoms with Crippen LogP contribution in [0.3, 0.4) is 0 Å². The topological polar surface area (TPSA) is 58.1 Å². The van der Waals surface area contributed by atoms with Gasteiger partial charge in [-0.15, -0.1) is 0 Å². The summed E-state index contributed by atoms with van der Waals surface area (Å²) in [5, 5.41) is 7.05. The molecule has 6 nitrogen and oxygen atoms in total. The lowest BCUT2D eigenvalue weighted by atomic mass is 10.0. The van der Waals surface area contributed by atoms with Gasteiger partial charge in [-0.05, 0) is 37.8 Å². The van der Waals surface area contributed by atoms with Crippen LogP contribution in [0.15, 0.2) is 40.9 Å². The third-order valence-electron chi connectivity index (χ3n) is 5.20. The first kappa shape index (κ1) is 19.5. The van der Waals surface area contributed by atoms with Gasteiger partial charge in [0.25, 0.3) is 0 Å². The summed E-state index contributed by atoms with van der Waals surface area (Å²) < 4.78 is 10.7. The predicted molar refractivity (Wildman–Crippen MR) is 111 cm³/mol. The minimum absolute atomic E-state index is 0.387. The van der Waals surface area contributed by atoms with E-state index in [-0.39, 0.29) is 0 Å². The molecule has 2 heterocycles. The number of rotatable bonds is 6. The number of nitrogens with zero attached hydrogens (tertiary/aromatic N) is 2. The zero-order valence-electron chi connectivity index (χ0n) is 16.5. The molecule has 1 aromatic carbocycles. The van der Waals surface area contributed by atoms with Crippen LogP contribution in [0.1, 0.15) is 25.7 Å². The molecule has 1 unspecified atom stereocenters. The molecular formula is C21H32N4O2. The molecule has 1 aromatic rings. The Balaban J connectivity index is 1.48. The van der Waals surface area contributed by atoms with E-state index >= 15 is 0 Å². The van der Waals surface area contributed by atoms with E-state index in [1.807, 2.05) is 13.1 Å². The summed E-state index contributed by atoms with van der Waals surface area (Å²) in [6, 6.07) is 8.69. The molecule has 0 saturated carbocycles. The van der Waals surface area contributed by atoms with E-state index in [0.717, 1.165) is 63.8 Å². The predicted octanol–water partition coefficient (Wildman–Crippen LogP) is 2.57. The zero-order valence-corrected chi connectivity index (χ0v) is 16.5. The van der Waals surface area contributed by atoms with Crippen LogP contribution in [0.2, 0.25) is 0 Å². The van der Waals surface area contributed by atoms with E-state index < -0.39 is 0 Å². The van der Waals surface area contributed by atoms with Crippen molar-refractivity contribution in [2.45, 2.75) is 31.7 Å². The number of nitrogens with one attached hydrogen (secondary N) is 2. The fraction of sp³-hybridized carbons (Fsp3) is 0.571. The van der Waals surface area contributed by atoms with Crippen molar-refractivity contribution in [2.24, 2.45) is 4.99 Å². The Morgan fingerprint density at radius 2 is 2.33 bits per heavy atom. The van der Waals surface area contributed by atoms with Gasteiger partial charge in [-0.3, -0.25) is 4.99 Å². The fourth-order valence-electron chi connectivity index (χ4n) is 3.66. The van der Waals surface area contributed by atoms with Crippen LogP contribution in [0.4, 0.5) is 5.69 Å². The number of benzene rings is 1. The fourth-order valence-corrected chi connectivity index (χ4v) is 3.66. The average molecular weight is 373 g/mol. The monoisotopic (exact) mass is 372 g/mol. The Morgan fingerprint density at radius 3 is 3.11 bits per heavy atom. The minimum atomic E-state index is 0.387. The van der Waals surface area contributed by atoms with E-state index in [2.05, 4.69) is 44.8 Å². The van der Waals surface area contributed by atoms with Gasteiger partial charge < -0.3 is 25.0 Å². The highest BCUT2D eigenvalue weighted by Crippen LogP contribution is 2.24. The van der Waals surface area contributed by atoms with E-state index in [9.17, 15) is 0 Å². The van der Waals surface area contributed by atoms with Crippen LogP contribution in [-0.2, 0) is 4.74 Å². The maximum atomic E-state index is 5.36. The van der Waals surface area contributed by atoms with E-state index in [1.165, 1.54) is 17.7 Å². The van der Waals surface area contributed by atoms with Gasteiger partial charge in [0, 0.05) is 44.5 Å². The number of ether oxygens (including phenoxy) is 2. The van der Waals surface area contributed by atoms with Crippen molar-refractivity contribution in [2.75, 3.05) is 51.9 Å². The molecule has 2 N–H and O–H groups in total. The van der Waals surface area contributed by atoms with Crippen LogP contribution in [0.5, 0.6) is 5.75 Å². The second-order valence-electron chi connectivity index (χ2n) is 7.07. The molecule has 0 bridgehead atoms. The van der Waals surface area contributed by atoms with E-state index in [4.69, 9.17) is 9.47 Å². The first-order valence-electron chi connectivity index (χ1n) is 9.90. The van der Waals surface area contributed by atoms with E-state index in [1.54, 1.807) is 7.11 Å². The molecule has 148 valence electrons. The van der Waals surface area contributed by atoms with Gasteiger partial charge in [0.2, 0.25) is 0 Å². The SMILES string of the molecule is CN=C(NCCC1=CCOCC1)NC1CCCN(c2cccc(OC)c2)C1. The average Bonchev–Trinajstić information content (AvgIpc) is 2.74. The molecule has 3 rings (SSSR count). The number of aliphatic imine (C=N–C) groups is 1. The second-order valence-corrected chi connectivity index (χ2v) is 7.07. The Bertz CT molecular complexity index is 659. The Labute approximate surface area is 162 Å². The maximum absolute atomic E-state index is 5.36. The van der Waals surface area contributed by atoms with Crippen molar-refractivity contribution in [3.8, 4) is 5.75 Å². The van der Waals surface area contributed by atoms with Crippen molar-refractivity contribution < 1.29 is 9.47 Å². The number of hydrogen-bond acceptors (Lipinski definition) is 4. The number of anilines is 1. The van der Waals surface area contributed by atoms with Crippen LogP contribution in [0.25, 0.3) is 0 Å². The van der Waals surface area contributed by atoms with Crippen molar-refractivity contribution >= 4 is 11.6 Å². The quantitative estimate of drug-likeness (QED) is 0.457. The summed E-state index contributed by atoms with van der Waals surface area (Å²) in [6.07, 6.45) is 6.62. The molecule has 6 heteroatoms. The molecule has 1 saturated heterocycles. The van der Waals surface area contributed by atoms with E-state index in [0.29, 0.717) is 6.04 Å². The van der Waals surface area contributed by atoms with Gasteiger partial charge in [-0.1, -0.05) is 17.7 Å². The third kappa shape index (κ3) is 5.89. The zero-order chi connectivity index (χ0) is 18.9. The molecule has 0 aliphatic carbocycles. The smallest absolute Gasteiger partial charge is 0.191 e. The van der Waals surface area contributed by atoms with Gasteiger partial charge in [-0.2, -0.15) is 0 Å². The van der Waals surface area contributed by atoms with Gasteiger partial charge in [0.1, 0.15) is 5.75 Å². The molecule has 27 heavy (non-hydrogen) atoms. The van der Waals surface area contributed by atoms with Gasteiger partial charge >= 0.3 is 0 Å². The van der Waals surface area contributed by atoms with Crippen LogP contribution in [-0.4, -0.2) is 59.0 Å². The Morgan fingerprint density at radius 1 is 1.41 bits per heavy atom. The summed E-state index contributed by atoms with van der Waals surface area (Å²) in [5.41, 5.74) is 2.70. The number of guanidine groups is 1. The summed E-state index contributed by atoms with van der Waals surface area (Å²) >= 11 is 0. The molecule has 2 aliphatic heterocycles. The van der Waals surface area contributed by atoms with Crippen LogP contribution < -0.4 is 20.3 Å². The molecule has 1 atom stereocenters. The Kier molecular flexibility index (Phi) is 7.39. The summed E-state index contributed by atoms with van der Waals surface area (Å²) in [4.78, 5) is 6.82. The maximum Gasteiger partial charge on any atom is 0.191 e. The van der Waals surface area contributed by atoms with Crippen molar-refractivity contribution in [3.05, 3.63) is 35.9 Å². The number of methoxy groups -OCH3 is 1. The summed E-state index contributed by atoms with van der Waals surface area (Å²) in [6.45, 7) is 4.55. The Hall–Kier alpha value is -2.21. The molecule has 1 fully saturated rings. The van der Waals surface area contributed by atoms with Gasteiger partial charge in [-0.25, -0.2) is 0 Å². The lowest BCUT2D eigenvalue weighted by Gasteiger charge is -2.35. The summed E-state index contributed by atoms with van der Waals surface area (Å²) in [5.74, 6) is 1.79. The van der Waals surface area contributed by atoms with Crippen molar-refractivity contribution in [1.82, 2.24) is 10.6 Å².